The minimum absolute atomic E-state index is 0.129. The highest BCUT2D eigenvalue weighted by Crippen LogP contribution is 2.50. The van der Waals surface area contributed by atoms with Crippen LogP contribution in [-0.4, -0.2) is 61.5 Å². The van der Waals surface area contributed by atoms with Gasteiger partial charge in [0.05, 0.1) is 33.1 Å². The van der Waals surface area contributed by atoms with Crippen molar-refractivity contribution in [2.75, 3.05) is 39.1 Å². The van der Waals surface area contributed by atoms with Crippen molar-refractivity contribution in [3.05, 3.63) is 75.7 Å². The number of carbonyl (C=O) groups is 2. The number of hydrogen-bond acceptors (Lipinski definition) is 10. The largest absolute Gasteiger partial charge is 0.493 e. The number of methoxy groups -OCH3 is 4. The fourth-order valence-electron chi connectivity index (χ4n) is 6.31. The lowest BCUT2D eigenvalue weighted by Crippen LogP contribution is -2.37. The van der Waals surface area contributed by atoms with Gasteiger partial charge in [0.15, 0.2) is 23.1 Å². The second-order valence-electron chi connectivity index (χ2n) is 12.5. The number of H-pyrrole nitrogens is 1. The molecule has 264 valence electrons. The molecule has 5 rings (SSSR count). The number of aryl methyl sites for hydroxylation is 1. The fourth-order valence-corrected chi connectivity index (χ4v) is 6.31. The van der Waals surface area contributed by atoms with Crippen LogP contribution in [0.1, 0.15) is 56.6 Å². The molecule has 13 nitrogen and oxygen atoms in total. The molecule has 0 fully saturated rings. The second kappa shape index (κ2) is 15.9. The van der Waals surface area contributed by atoms with Gasteiger partial charge in [0.2, 0.25) is 23.0 Å². The predicted octanol–water partition coefficient (Wildman–Crippen LogP) is 5.26. The molecule has 2 atom stereocenters. The average Bonchev–Trinajstić information content (AvgIpc) is 3.44. The van der Waals surface area contributed by atoms with E-state index in [9.17, 15) is 14.4 Å². The molecule has 1 aromatic heterocycles. The molecule has 0 unspecified atom stereocenters. The van der Waals surface area contributed by atoms with Crippen LogP contribution < -0.4 is 35.6 Å². The van der Waals surface area contributed by atoms with Crippen molar-refractivity contribution in [1.29, 1.82) is 0 Å². The number of carbonyl (C=O) groups excluding carboxylic acids is 2. The zero-order chi connectivity index (χ0) is 35.9. The average molecular weight is 685 g/mol. The van der Waals surface area contributed by atoms with Crippen LogP contribution in [0.5, 0.6) is 17.2 Å². The van der Waals surface area contributed by atoms with Crippen molar-refractivity contribution >= 4 is 23.2 Å². The molecule has 2 amide bonds. The molecule has 1 aliphatic carbocycles. The van der Waals surface area contributed by atoms with E-state index < -0.39 is 12.1 Å². The van der Waals surface area contributed by atoms with E-state index in [1.165, 1.54) is 20.1 Å². The number of nitrogens with zero attached hydrogens (tertiary/aromatic N) is 2. The summed E-state index contributed by atoms with van der Waals surface area (Å²) in [5, 5.41) is 16.4. The molecule has 50 heavy (non-hydrogen) atoms. The molecular formula is C37H44N6O7. The SMILES string of the molecule is COCc1nc(-c2cccc(NC(=O)[C@@H](CC(C)C)Nc3ccc4c(cc3=O)[C@H](NC(C)=O)CCc3cc(OC)c(OC)c(OC)c3-4)c2)n[nH]1. The summed E-state index contributed by atoms with van der Waals surface area (Å²) < 4.78 is 22.3. The normalized spacial score (nSPS) is 14.1. The fraction of sp³-hybridized carbons (Fsp3) is 0.378. The maximum Gasteiger partial charge on any atom is 0.246 e. The molecule has 1 heterocycles. The number of aromatic nitrogens is 3. The maximum atomic E-state index is 14.0. The van der Waals surface area contributed by atoms with Gasteiger partial charge in [-0.1, -0.05) is 32.0 Å². The first kappa shape index (κ1) is 35.9. The maximum absolute atomic E-state index is 14.0. The molecule has 0 radical (unpaired) electrons. The van der Waals surface area contributed by atoms with Crippen LogP contribution in [0.4, 0.5) is 11.4 Å². The van der Waals surface area contributed by atoms with Crippen LogP contribution in [0, 0.1) is 5.92 Å². The highest BCUT2D eigenvalue weighted by molar-refractivity contribution is 5.97. The summed E-state index contributed by atoms with van der Waals surface area (Å²) >= 11 is 0. The third kappa shape index (κ3) is 7.89. The first-order valence-electron chi connectivity index (χ1n) is 16.4. The van der Waals surface area contributed by atoms with E-state index in [1.807, 2.05) is 38.1 Å². The summed E-state index contributed by atoms with van der Waals surface area (Å²) in [6.07, 6.45) is 1.56. The second-order valence-corrected chi connectivity index (χ2v) is 12.5. The Kier molecular flexibility index (Phi) is 11.4. The van der Waals surface area contributed by atoms with E-state index in [4.69, 9.17) is 18.9 Å². The van der Waals surface area contributed by atoms with E-state index in [0.29, 0.717) is 77.1 Å². The molecule has 0 spiro atoms. The number of rotatable bonds is 13. The number of hydrogen-bond donors (Lipinski definition) is 4. The Morgan fingerprint density at radius 1 is 1.00 bits per heavy atom. The number of fused-ring (bicyclic) bond motifs is 3. The molecule has 1 aliphatic rings. The Balaban J connectivity index is 1.53. The molecule has 3 aromatic carbocycles. The molecule has 4 N–H and O–H groups in total. The van der Waals surface area contributed by atoms with E-state index in [-0.39, 0.29) is 28.8 Å². The van der Waals surface area contributed by atoms with Crippen LogP contribution in [0.2, 0.25) is 0 Å². The summed E-state index contributed by atoms with van der Waals surface area (Å²) in [7, 11) is 6.23. The molecule has 13 heteroatoms. The van der Waals surface area contributed by atoms with Crippen molar-refractivity contribution in [2.45, 2.75) is 58.7 Å². The standard InChI is InChI=1S/C37H44N6O7/c1-20(2)15-29(37(46)39-24-10-8-9-23(16-24)36-41-32(19-47-4)42-43-36)40-28-14-12-25-26(18-30(28)45)27(38-21(3)44)13-11-22-17-31(48-5)34(49-6)35(50-7)33(22)25/h8-10,12,14,16-18,20,27,29H,11,13,15,19H2,1-7H3,(H,38,44)(H,39,46)(H,40,45)(H,41,42,43)/t27-,29-/m1/s1. The monoisotopic (exact) mass is 684 g/mol. The Bertz CT molecular complexity index is 1930. The van der Waals surface area contributed by atoms with Crippen LogP contribution in [0.25, 0.3) is 22.5 Å². The van der Waals surface area contributed by atoms with Gasteiger partial charge in [-0.05, 0) is 72.2 Å². The van der Waals surface area contributed by atoms with Gasteiger partial charge in [0.25, 0.3) is 0 Å². The number of nitrogens with one attached hydrogen (secondary N) is 4. The number of aromatic amines is 1. The lowest BCUT2D eigenvalue weighted by Gasteiger charge is -2.21. The van der Waals surface area contributed by atoms with E-state index in [2.05, 4.69) is 31.1 Å². The van der Waals surface area contributed by atoms with E-state index in [0.717, 1.165) is 11.1 Å². The lowest BCUT2D eigenvalue weighted by atomic mass is 9.95. The topological polar surface area (TPSA) is 166 Å². The van der Waals surface area contributed by atoms with Gasteiger partial charge in [-0.3, -0.25) is 19.5 Å². The van der Waals surface area contributed by atoms with Gasteiger partial charge in [-0.25, -0.2) is 4.98 Å². The van der Waals surface area contributed by atoms with Crippen molar-refractivity contribution in [2.24, 2.45) is 5.92 Å². The zero-order valence-electron chi connectivity index (χ0n) is 29.4. The van der Waals surface area contributed by atoms with Gasteiger partial charge in [-0.15, -0.1) is 0 Å². The Morgan fingerprint density at radius 3 is 2.46 bits per heavy atom. The highest BCUT2D eigenvalue weighted by atomic mass is 16.5. The van der Waals surface area contributed by atoms with Crippen LogP contribution >= 0.6 is 0 Å². The van der Waals surface area contributed by atoms with Crippen LogP contribution in [0.3, 0.4) is 0 Å². The van der Waals surface area contributed by atoms with Crippen molar-refractivity contribution in [1.82, 2.24) is 20.5 Å². The predicted molar refractivity (Wildman–Crippen MR) is 191 cm³/mol. The van der Waals surface area contributed by atoms with Gasteiger partial charge < -0.3 is 34.9 Å². The molecule has 4 aromatic rings. The number of benzene rings is 2. The number of anilines is 2. The Hall–Kier alpha value is -5.43. The quantitative estimate of drug-likeness (QED) is 0.146. The summed E-state index contributed by atoms with van der Waals surface area (Å²) in [5.74, 6) is 2.05. The lowest BCUT2D eigenvalue weighted by molar-refractivity contribution is -0.120. The Labute approximate surface area is 291 Å². The van der Waals surface area contributed by atoms with Crippen molar-refractivity contribution in [3.8, 4) is 39.8 Å². The summed E-state index contributed by atoms with van der Waals surface area (Å²) in [6.45, 7) is 5.77. The summed E-state index contributed by atoms with van der Waals surface area (Å²) in [6, 6.07) is 13.0. The molecule has 0 aliphatic heterocycles. The number of ether oxygens (including phenoxy) is 4. The van der Waals surface area contributed by atoms with E-state index >= 15 is 0 Å². The zero-order valence-corrected chi connectivity index (χ0v) is 29.4. The van der Waals surface area contributed by atoms with Gasteiger partial charge >= 0.3 is 0 Å². The minimum atomic E-state index is -0.748. The minimum Gasteiger partial charge on any atom is -0.493 e. The Morgan fingerprint density at radius 2 is 1.78 bits per heavy atom. The molecule has 0 saturated carbocycles. The third-order valence-electron chi connectivity index (χ3n) is 8.47. The van der Waals surface area contributed by atoms with Crippen LogP contribution in [0.15, 0.2) is 53.3 Å². The third-order valence-corrected chi connectivity index (χ3v) is 8.47. The van der Waals surface area contributed by atoms with Crippen LogP contribution in [-0.2, 0) is 27.4 Å². The number of amides is 2. The summed E-state index contributed by atoms with van der Waals surface area (Å²) in [4.78, 5) is 44.6. The molecule has 0 bridgehead atoms. The van der Waals surface area contributed by atoms with Gasteiger partial charge in [-0.2, -0.15) is 5.10 Å². The first-order chi connectivity index (χ1) is 24.1. The van der Waals surface area contributed by atoms with Gasteiger partial charge in [0.1, 0.15) is 12.6 Å². The summed E-state index contributed by atoms with van der Waals surface area (Å²) in [5.41, 5.74) is 4.16. The first-order valence-corrected chi connectivity index (χ1v) is 16.4. The van der Waals surface area contributed by atoms with Crippen molar-refractivity contribution in [3.63, 3.8) is 0 Å². The molecular weight excluding hydrogens is 640 g/mol. The van der Waals surface area contributed by atoms with Gasteiger partial charge in [0, 0.05) is 30.8 Å². The smallest absolute Gasteiger partial charge is 0.246 e. The molecule has 0 saturated heterocycles. The van der Waals surface area contributed by atoms with Crippen molar-refractivity contribution < 1.29 is 28.5 Å². The van der Waals surface area contributed by atoms with E-state index in [1.54, 1.807) is 39.5 Å². The highest BCUT2D eigenvalue weighted by Gasteiger charge is 2.30.